The quantitative estimate of drug-likeness (QED) is 0.762. The maximum Gasteiger partial charge on any atom is 0.0859 e. The summed E-state index contributed by atoms with van der Waals surface area (Å²) in [5, 5.41) is 0. The van der Waals surface area contributed by atoms with Crippen LogP contribution in [-0.4, -0.2) is 49.8 Å². The van der Waals surface area contributed by atoms with E-state index in [9.17, 15) is 0 Å². The van der Waals surface area contributed by atoms with Crippen molar-refractivity contribution in [3.05, 3.63) is 66.2 Å². The summed E-state index contributed by atoms with van der Waals surface area (Å²) < 4.78 is 6.46. The highest BCUT2D eigenvalue weighted by Crippen LogP contribution is 2.41. The van der Waals surface area contributed by atoms with Crippen molar-refractivity contribution in [2.45, 2.75) is 44.1 Å². The molecule has 3 heteroatoms. The van der Waals surface area contributed by atoms with E-state index in [4.69, 9.17) is 4.74 Å². The first-order chi connectivity index (χ1) is 13.8. The maximum absolute atomic E-state index is 6.46. The van der Waals surface area contributed by atoms with Crippen molar-refractivity contribution in [1.29, 1.82) is 0 Å². The molecule has 0 atom stereocenters. The van der Waals surface area contributed by atoms with Crippen LogP contribution in [0.15, 0.2) is 60.7 Å². The molecule has 0 aromatic heterocycles. The van der Waals surface area contributed by atoms with Crippen molar-refractivity contribution < 1.29 is 4.74 Å². The van der Waals surface area contributed by atoms with Gasteiger partial charge in [-0.15, -0.1) is 0 Å². The lowest BCUT2D eigenvalue weighted by Gasteiger charge is -2.31. The Morgan fingerprint density at radius 3 is 2.25 bits per heavy atom. The average molecular weight is 379 g/mol. The molecule has 3 nitrogen and oxygen atoms in total. The minimum Gasteiger partial charge on any atom is -0.372 e. The topological polar surface area (TPSA) is 15.7 Å². The van der Waals surface area contributed by atoms with Crippen LogP contribution in [0.1, 0.15) is 37.7 Å². The predicted molar refractivity (Wildman–Crippen MR) is 117 cm³/mol. The Labute approximate surface area is 170 Å². The number of hydrogen-bond donors (Lipinski definition) is 0. The van der Waals surface area contributed by atoms with E-state index < -0.39 is 0 Å². The first-order valence-corrected chi connectivity index (χ1v) is 11.0. The van der Waals surface area contributed by atoms with E-state index in [1.165, 1.54) is 49.9 Å². The summed E-state index contributed by atoms with van der Waals surface area (Å²) in [5.41, 5.74) is 2.88. The predicted octanol–water partition coefficient (Wildman–Crippen LogP) is 4.77. The molecule has 1 saturated heterocycles. The number of benzene rings is 2. The highest BCUT2D eigenvalue weighted by atomic mass is 16.5. The molecule has 1 spiro atoms. The lowest BCUT2D eigenvalue weighted by molar-refractivity contribution is 0.0226. The Kier molecular flexibility index (Phi) is 6.66. The van der Waals surface area contributed by atoms with Crippen LogP contribution in [0.5, 0.6) is 0 Å². The van der Waals surface area contributed by atoms with Gasteiger partial charge in [0, 0.05) is 31.9 Å². The van der Waals surface area contributed by atoms with Crippen LogP contribution in [-0.2, 0) is 11.2 Å². The Morgan fingerprint density at radius 1 is 0.786 bits per heavy atom. The van der Waals surface area contributed by atoms with Crippen LogP contribution in [0.4, 0.5) is 5.69 Å². The molecule has 1 aliphatic heterocycles. The summed E-state index contributed by atoms with van der Waals surface area (Å²) in [6, 6.07) is 21.8. The van der Waals surface area contributed by atoms with Gasteiger partial charge in [0.05, 0.1) is 12.2 Å². The van der Waals surface area contributed by atoms with Gasteiger partial charge in [0.2, 0.25) is 0 Å². The van der Waals surface area contributed by atoms with Gasteiger partial charge in [-0.2, -0.15) is 0 Å². The SMILES string of the molecule is c1ccc(CCN2CCCCCN(c3ccccc3)CC3(CC3)OCC2)cc1. The van der Waals surface area contributed by atoms with Crippen molar-refractivity contribution in [3.8, 4) is 0 Å². The van der Waals surface area contributed by atoms with Gasteiger partial charge in [-0.1, -0.05) is 55.0 Å². The summed E-state index contributed by atoms with van der Waals surface area (Å²) in [7, 11) is 0. The van der Waals surface area contributed by atoms with E-state index in [2.05, 4.69) is 70.5 Å². The number of anilines is 1. The Bertz CT molecular complexity index is 699. The normalized spacial score (nSPS) is 21.1. The van der Waals surface area contributed by atoms with Crippen molar-refractivity contribution in [2.24, 2.45) is 0 Å². The molecule has 0 bridgehead atoms. The summed E-state index contributed by atoms with van der Waals surface area (Å²) >= 11 is 0. The fourth-order valence-corrected chi connectivity index (χ4v) is 4.25. The molecule has 2 fully saturated rings. The van der Waals surface area contributed by atoms with E-state index in [1.807, 2.05) is 0 Å². The van der Waals surface area contributed by atoms with Crippen molar-refractivity contribution in [3.63, 3.8) is 0 Å². The largest absolute Gasteiger partial charge is 0.372 e. The number of hydrogen-bond acceptors (Lipinski definition) is 3. The van der Waals surface area contributed by atoms with Crippen molar-refractivity contribution >= 4 is 5.69 Å². The highest BCUT2D eigenvalue weighted by molar-refractivity contribution is 5.46. The highest BCUT2D eigenvalue weighted by Gasteiger charge is 2.45. The average Bonchev–Trinajstić information content (AvgIpc) is 3.50. The van der Waals surface area contributed by atoms with Crippen LogP contribution in [0.3, 0.4) is 0 Å². The van der Waals surface area contributed by atoms with Crippen LogP contribution in [0, 0.1) is 0 Å². The summed E-state index contributed by atoms with van der Waals surface area (Å²) in [6.07, 6.45) is 7.40. The molecule has 1 saturated carbocycles. The molecule has 2 aromatic carbocycles. The zero-order valence-electron chi connectivity index (χ0n) is 17.1. The second kappa shape index (κ2) is 9.58. The number of rotatable bonds is 4. The molecule has 1 heterocycles. The number of nitrogens with zero attached hydrogens (tertiary/aromatic N) is 2. The fraction of sp³-hybridized carbons (Fsp3) is 0.520. The lowest BCUT2D eigenvalue weighted by Crippen LogP contribution is -2.39. The molecule has 4 rings (SSSR count). The third-order valence-electron chi connectivity index (χ3n) is 6.19. The Morgan fingerprint density at radius 2 is 1.50 bits per heavy atom. The summed E-state index contributed by atoms with van der Waals surface area (Å²) in [6.45, 7) is 6.42. The first-order valence-electron chi connectivity index (χ1n) is 11.0. The molecule has 150 valence electrons. The lowest BCUT2D eigenvalue weighted by atomic mass is 10.1. The van der Waals surface area contributed by atoms with E-state index >= 15 is 0 Å². The van der Waals surface area contributed by atoms with E-state index in [0.29, 0.717) is 0 Å². The first kappa shape index (κ1) is 19.5. The monoisotopic (exact) mass is 378 g/mol. The zero-order valence-corrected chi connectivity index (χ0v) is 17.1. The molecule has 0 N–H and O–H groups in total. The minimum atomic E-state index is 0.0974. The summed E-state index contributed by atoms with van der Waals surface area (Å²) in [5.74, 6) is 0. The zero-order chi connectivity index (χ0) is 19.1. The van der Waals surface area contributed by atoms with Gasteiger partial charge in [-0.05, 0) is 56.3 Å². The van der Waals surface area contributed by atoms with Gasteiger partial charge < -0.3 is 14.5 Å². The second-order valence-electron chi connectivity index (χ2n) is 8.43. The van der Waals surface area contributed by atoms with Gasteiger partial charge in [0.1, 0.15) is 0 Å². The number of para-hydroxylation sites is 1. The molecule has 1 aliphatic carbocycles. The number of ether oxygens (including phenoxy) is 1. The molecule has 28 heavy (non-hydrogen) atoms. The Balaban J connectivity index is 1.34. The van der Waals surface area contributed by atoms with Crippen LogP contribution >= 0.6 is 0 Å². The fourth-order valence-electron chi connectivity index (χ4n) is 4.25. The molecule has 0 amide bonds. The molecule has 2 aliphatic rings. The van der Waals surface area contributed by atoms with E-state index in [1.54, 1.807) is 0 Å². The molecule has 2 aromatic rings. The minimum absolute atomic E-state index is 0.0974. The van der Waals surface area contributed by atoms with E-state index in [0.717, 1.165) is 39.2 Å². The van der Waals surface area contributed by atoms with Gasteiger partial charge in [-0.3, -0.25) is 0 Å². The third kappa shape index (κ3) is 5.59. The van der Waals surface area contributed by atoms with Gasteiger partial charge >= 0.3 is 0 Å². The van der Waals surface area contributed by atoms with Crippen LogP contribution in [0.25, 0.3) is 0 Å². The van der Waals surface area contributed by atoms with Gasteiger partial charge in [0.25, 0.3) is 0 Å². The third-order valence-corrected chi connectivity index (χ3v) is 6.19. The van der Waals surface area contributed by atoms with Crippen molar-refractivity contribution in [2.75, 3.05) is 44.2 Å². The van der Waals surface area contributed by atoms with Crippen LogP contribution in [0.2, 0.25) is 0 Å². The molecular formula is C25H34N2O. The van der Waals surface area contributed by atoms with Crippen LogP contribution < -0.4 is 4.90 Å². The molecule has 0 unspecified atom stereocenters. The van der Waals surface area contributed by atoms with Gasteiger partial charge in [0.15, 0.2) is 0 Å². The Hall–Kier alpha value is -1.84. The van der Waals surface area contributed by atoms with E-state index in [-0.39, 0.29) is 5.60 Å². The van der Waals surface area contributed by atoms with Crippen molar-refractivity contribution in [1.82, 2.24) is 4.90 Å². The second-order valence-corrected chi connectivity index (χ2v) is 8.43. The molecular weight excluding hydrogens is 344 g/mol. The maximum atomic E-state index is 6.46. The van der Waals surface area contributed by atoms with Gasteiger partial charge in [-0.25, -0.2) is 0 Å². The molecule has 0 radical (unpaired) electrons. The summed E-state index contributed by atoms with van der Waals surface area (Å²) in [4.78, 5) is 5.17. The standard InChI is InChI=1S/C25H34N2O/c1-4-10-23(11-5-1)14-19-26-17-8-3-9-18-27(24-12-6-2-7-13-24)22-25(15-16-25)28-21-20-26/h1-2,4-7,10-13H,3,8-9,14-22H2. The smallest absolute Gasteiger partial charge is 0.0859 e.